The molecule has 6 nitrogen and oxygen atoms in total. The molecule has 31 heavy (non-hydrogen) atoms. The zero-order valence-electron chi connectivity index (χ0n) is 16.3. The second-order valence-electron chi connectivity index (χ2n) is 6.90. The summed E-state index contributed by atoms with van der Waals surface area (Å²) in [5, 5.41) is 11.7. The number of carbonyl (C=O) groups is 2. The smallest absolute Gasteiger partial charge is 0.296 e. The fraction of sp³-hybridized carbons (Fsp3) is 0.130. The quantitative estimate of drug-likeness (QED) is 0.322. The Morgan fingerprint density at radius 2 is 1.87 bits per heavy atom. The van der Waals surface area contributed by atoms with Gasteiger partial charge in [-0.2, -0.15) is 0 Å². The monoisotopic (exact) mass is 457 g/mol. The Morgan fingerprint density at radius 1 is 1.13 bits per heavy atom. The predicted octanol–water partition coefficient (Wildman–Crippen LogP) is 5.22. The second-order valence-corrected chi connectivity index (χ2v) is 7.74. The van der Waals surface area contributed by atoms with Crippen molar-refractivity contribution in [2.24, 2.45) is 0 Å². The molecule has 0 aliphatic carbocycles. The molecule has 0 spiro atoms. The lowest BCUT2D eigenvalue weighted by Crippen LogP contribution is -2.29. The summed E-state index contributed by atoms with van der Waals surface area (Å²) < 4.78 is 10.5. The molecule has 0 bridgehead atoms. The zero-order chi connectivity index (χ0) is 22.1. The van der Waals surface area contributed by atoms with E-state index in [1.165, 1.54) is 24.3 Å². The average molecular weight is 458 g/mol. The molecule has 1 atom stereocenters. The van der Waals surface area contributed by atoms with Crippen LogP contribution < -0.4 is 4.74 Å². The highest BCUT2D eigenvalue weighted by atomic mass is 35.5. The van der Waals surface area contributed by atoms with E-state index in [1.54, 1.807) is 48.5 Å². The molecule has 0 radical (unpaired) electrons. The number of halogens is 2. The summed E-state index contributed by atoms with van der Waals surface area (Å²) in [4.78, 5) is 27.3. The van der Waals surface area contributed by atoms with E-state index in [-0.39, 0.29) is 22.9 Å². The van der Waals surface area contributed by atoms with Crippen molar-refractivity contribution in [3.8, 4) is 5.75 Å². The minimum absolute atomic E-state index is 0.0284. The molecule has 1 fully saturated rings. The molecule has 1 N–H and O–H groups in total. The highest BCUT2D eigenvalue weighted by molar-refractivity contribution is 6.47. The van der Waals surface area contributed by atoms with Crippen LogP contribution in [0.1, 0.15) is 22.9 Å². The van der Waals surface area contributed by atoms with Gasteiger partial charge in [0, 0.05) is 15.6 Å². The number of likely N-dealkylation sites (tertiary alicyclic amines) is 1. The molecule has 4 rings (SSSR count). The number of carbonyl (C=O) groups excluding carboxylic acids is 2. The number of ether oxygens (including phenoxy) is 1. The lowest BCUT2D eigenvalue weighted by Gasteiger charge is -2.25. The Morgan fingerprint density at radius 3 is 2.48 bits per heavy atom. The maximum Gasteiger partial charge on any atom is 0.296 e. The van der Waals surface area contributed by atoms with E-state index in [0.29, 0.717) is 27.7 Å². The molecular formula is C23H17Cl2NO5. The van der Waals surface area contributed by atoms with Crippen LogP contribution in [0.15, 0.2) is 70.9 Å². The Bertz CT molecular complexity index is 1170. The third kappa shape index (κ3) is 3.92. The third-order valence-corrected chi connectivity index (χ3v) is 5.63. The number of nitrogens with zero attached hydrogens (tertiary/aromatic N) is 1. The number of aliphatic hydroxyl groups is 1. The molecule has 1 amide bonds. The number of furan rings is 1. The Balaban J connectivity index is 1.88. The van der Waals surface area contributed by atoms with Gasteiger partial charge in [-0.15, -0.1) is 0 Å². The number of aliphatic hydroxyl groups excluding tert-OH is 1. The van der Waals surface area contributed by atoms with E-state index >= 15 is 0 Å². The summed E-state index contributed by atoms with van der Waals surface area (Å²) in [6.45, 7) is 0.0284. The van der Waals surface area contributed by atoms with Gasteiger partial charge in [-0.3, -0.25) is 9.59 Å². The van der Waals surface area contributed by atoms with Gasteiger partial charge in [0.15, 0.2) is 0 Å². The lowest BCUT2D eigenvalue weighted by molar-refractivity contribution is -0.140. The Hall–Kier alpha value is -3.22. The molecule has 1 aromatic heterocycles. The third-order valence-electron chi connectivity index (χ3n) is 5.07. The van der Waals surface area contributed by atoms with Crippen LogP contribution in [0.2, 0.25) is 10.0 Å². The van der Waals surface area contributed by atoms with E-state index in [2.05, 4.69) is 0 Å². The van der Waals surface area contributed by atoms with E-state index < -0.39 is 17.7 Å². The van der Waals surface area contributed by atoms with Crippen molar-refractivity contribution in [3.63, 3.8) is 0 Å². The fourth-order valence-corrected chi connectivity index (χ4v) is 4.08. The summed E-state index contributed by atoms with van der Waals surface area (Å²) >= 11 is 12.5. The standard InChI is InChI=1S/C23H17Cl2NO5/c1-30-15-7-4-13(5-8-15)21(27)19-20(17-9-6-14(24)11-18(17)25)26(23(29)22(19)28)12-16-3-2-10-31-16/h2-11,20,27H,12H2,1H3/b21-19+/t20-/m0/s1. The van der Waals surface area contributed by atoms with Crippen LogP contribution in [0, 0.1) is 0 Å². The van der Waals surface area contributed by atoms with Crippen LogP contribution in [0.5, 0.6) is 5.75 Å². The molecule has 8 heteroatoms. The SMILES string of the molecule is COc1ccc(/C(O)=C2\C(=O)C(=O)N(Cc3ccco3)[C@H]2c2ccc(Cl)cc2Cl)cc1. The molecule has 0 unspecified atom stereocenters. The second kappa shape index (κ2) is 8.49. The maximum absolute atomic E-state index is 13.0. The van der Waals surface area contributed by atoms with Gasteiger partial charge in [0.1, 0.15) is 17.3 Å². The topological polar surface area (TPSA) is 80.0 Å². The van der Waals surface area contributed by atoms with Gasteiger partial charge in [-0.25, -0.2) is 0 Å². The number of Topliss-reactive ketones (excluding diaryl/α,β-unsaturated/α-hetero) is 1. The molecule has 2 aromatic carbocycles. The number of benzene rings is 2. The van der Waals surface area contributed by atoms with Crippen molar-refractivity contribution in [1.82, 2.24) is 4.90 Å². The van der Waals surface area contributed by atoms with Gasteiger partial charge in [0.05, 0.1) is 31.5 Å². The summed E-state index contributed by atoms with van der Waals surface area (Å²) in [5.41, 5.74) is 0.768. The van der Waals surface area contributed by atoms with E-state index in [4.69, 9.17) is 32.4 Å². The number of methoxy groups -OCH3 is 1. The summed E-state index contributed by atoms with van der Waals surface area (Å²) in [6, 6.07) is 13.8. The minimum atomic E-state index is -0.919. The number of hydrogen-bond acceptors (Lipinski definition) is 5. The van der Waals surface area contributed by atoms with Gasteiger partial charge < -0.3 is 19.2 Å². The zero-order valence-corrected chi connectivity index (χ0v) is 17.9. The van der Waals surface area contributed by atoms with Crippen LogP contribution in [0.4, 0.5) is 0 Å². The van der Waals surface area contributed by atoms with Crippen LogP contribution in [-0.4, -0.2) is 28.8 Å². The van der Waals surface area contributed by atoms with E-state index in [9.17, 15) is 14.7 Å². The van der Waals surface area contributed by atoms with Gasteiger partial charge in [0.25, 0.3) is 11.7 Å². The first-order valence-electron chi connectivity index (χ1n) is 9.31. The molecule has 1 aliphatic heterocycles. The van der Waals surface area contributed by atoms with Gasteiger partial charge in [-0.1, -0.05) is 29.3 Å². The maximum atomic E-state index is 13.0. The number of hydrogen-bond donors (Lipinski definition) is 1. The van der Waals surface area contributed by atoms with Gasteiger partial charge >= 0.3 is 0 Å². The number of amides is 1. The first-order chi connectivity index (χ1) is 14.9. The molecule has 158 valence electrons. The highest BCUT2D eigenvalue weighted by Gasteiger charge is 2.47. The number of rotatable bonds is 5. The molecule has 1 saturated heterocycles. The van der Waals surface area contributed by atoms with Crippen LogP contribution in [0.25, 0.3) is 5.76 Å². The first kappa shape index (κ1) is 21.0. The van der Waals surface area contributed by atoms with Crippen LogP contribution in [-0.2, 0) is 16.1 Å². The average Bonchev–Trinajstić information content (AvgIpc) is 3.36. The van der Waals surface area contributed by atoms with E-state index in [0.717, 1.165) is 0 Å². The van der Waals surface area contributed by atoms with Crippen molar-refractivity contribution in [3.05, 3.63) is 93.4 Å². The normalized spacial score (nSPS) is 17.9. The van der Waals surface area contributed by atoms with Crippen molar-refractivity contribution < 1.29 is 23.8 Å². The van der Waals surface area contributed by atoms with Crippen LogP contribution in [0.3, 0.4) is 0 Å². The Labute approximate surface area is 188 Å². The first-order valence-corrected chi connectivity index (χ1v) is 10.1. The minimum Gasteiger partial charge on any atom is -0.507 e. The summed E-state index contributed by atoms with van der Waals surface area (Å²) in [6.07, 6.45) is 1.48. The largest absolute Gasteiger partial charge is 0.507 e. The van der Waals surface area contributed by atoms with Gasteiger partial charge in [-0.05, 0) is 54.1 Å². The van der Waals surface area contributed by atoms with E-state index in [1.807, 2.05) is 0 Å². The predicted molar refractivity (Wildman–Crippen MR) is 116 cm³/mol. The highest BCUT2D eigenvalue weighted by Crippen LogP contribution is 2.43. The van der Waals surface area contributed by atoms with Crippen molar-refractivity contribution in [2.45, 2.75) is 12.6 Å². The Kier molecular flexibility index (Phi) is 5.76. The molecular weight excluding hydrogens is 441 g/mol. The summed E-state index contributed by atoms with van der Waals surface area (Å²) in [5.74, 6) is -0.800. The van der Waals surface area contributed by atoms with Crippen molar-refractivity contribution in [1.29, 1.82) is 0 Å². The molecule has 0 saturated carbocycles. The van der Waals surface area contributed by atoms with Crippen LogP contribution >= 0.6 is 23.2 Å². The van der Waals surface area contributed by atoms with Gasteiger partial charge in [0.2, 0.25) is 0 Å². The van der Waals surface area contributed by atoms with Crippen molar-refractivity contribution >= 4 is 40.7 Å². The number of ketones is 1. The lowest BCUT2D eigenvalue weighted by atomic mass is 9.95. The van der Waals surface area contributed by atoms with Crippen molar-refractivity contribution in [2.75, 3.05) is 7.11 Å². The molecule has 3 aromatic rings. The molecule has 1 aliphatic rings. The summed E-state index contributed by atoms with van der Waals surface area (Å²) in [7, 11) is 1.53. The molecule has 2 heterocycles. The fourth-order valence-electron chi connectivity index (χ4n) is 3.56.